The number of carbonyl (C=O) groups is 1. The predicted molar refractivity (Wildman–Crippen MR) is 71.1 cm³/mol. The van der Waals surface area contributed by atoms with Crippen LogP contribution >= 0.6 is 11.6 Å². The molecular weight excluding hydrogens is 234 g/mol. The molecule has 0 aromatic heterocycles. The summed E-state index contributed by atoms with van der Waals surface area (Å²) >= 11 is 5.88. The highest BCUT2D eigenvalue weighted by Gasteiger charge is 2.41. The summed E-state index contributed by atoms with van der Waals surface area (Å²) in [4.78, 5) is 14.6. The van der Waals surface area contributed by atoms with Gasteiger partial charge in [-0.15, -0.1) is 11.6 Å². The number of piperidine rings is 1. The maximum absolute atomic E-state index is 12.5. The highest BCUT2D eigenvalue weighted by Crippen LogP contribution is 2.43. The Kier molecular flexibility index (Phi) is 4.02. The first kappa shape index (κ1) is 13.2. The Hall–Kier alpha value is -0.240. The van der Waals surface area contributed by atoms with Crippen molar-refractivity contribution in [2.24, 2.45) is 17.3 Å². The van der Waals surface area contributed by atoms with Gasteiger partial charge in [0.2, 0.25) is 5.91 Å². The van der Waals surface area contributed by atoms with Crippen LogP contribution in [-0.4, -0.2) is 29.8 Å². The molecule has 1 aliphatic heterocycles. The largest absolute Gasteiger partial charge is 0.342 e. The predicted octanol–water partition coefficient (Wildman–Crippen LogP) is 3.29. The highest BCUT2D eigenvalue weighted by atomic mass is 35.5. The smallest absolute Gasteiger partial charge is 0.226 e. The van der Waals surface area contributed by atoms with Crippen molar-refractivity contribution < 1.29 is 4.79 Å². The summed E-state index contributed by atoms with van der Waals surface area (Å²) in [6.07, 6.45) is 5.66. The van der Waals surface area contributed by atoms with Crippen LogP contribution in [-0.2, 0) is 4.79 Å². The molecule has 0 aromatic rings. The number of alkyl halides is 1. The van der Waals surface area contributed by atoms with Crippen molar-refractivity contribution in [1.82, 2.24) is 4.90 Å². The third-order valence-electron chi connectivity index (χ3n) is 4.70. The molecule has 1 saturated carbocycles. The summed E-state index contributed by atoms with van der Waals surface area (Å²) in [5.74, 6) is 2.03. The zero-order chi connectivity index (χ0) is 12.5. The van der Waals surface area contributed by atoms with Gasteiger partial charge in [0, 0.05) is 24.9 Å². The molecule has 1 unspecified atom stereocenters. The van der Waals surface area contributed by atoms with Crippen molar-refractivity contribution in [2.45, 2.75) is 46.0 Å². The zero-order valence-electron chi connectivity index (χ0n) is 11.0. The Morgan fingerprint density at radius 1 is 1.29 bits per heavy atom. The van der Waals surface area contributed by atoms with E-state index in [1.54, 1.807) is 0 Å². The summed E-state index contributed by atoms with van der Waals surface area (Å²) in [7, 11) is 0. The fourth-order valence-electron chi connectivity index (χ4n) is 3.31. The number of nitrogens with zero attached hydrogens (tertiary/aromatic N) is 1. The van der Waals surface area contributed by atoms with Gasteiger partial charge in [-0.2, -0.15) is 0 Å². The molecule has 2 rings (SSSR count). The first-order chi connectivity index (χ1) is 8.04. The first-order valence-corrected chi connectivity index (χ1v) is 7.43. The van der Waals surface area contributed by atoms with E-state index in [0.29, 0.717) is 11.8 Å². The number of likely N-dealkylation sites (tertiary alicyclic amines) is 1. The Morgan fingerprint density at radius 2 is 1.94 bits per heavy atom. The van der Waals surface area contributed by atoms with Crippen LogP contribution < -0.4 is 0 Å². The van der Waals surface area contributed by atoms with Crippen molar-refractivity contribution >= 4 is 17.5 Å². The second kappa shape index (κ2) is 5.17. The van der Waals surface area contributed by atoms with Crippen LogP contribution in [0.2, 0.25) is 0 Å². The number of hydrogen-bond acceptors (Lipinski definition) is 1. The quantitative estimate of drug-likeness (QED) is 0.695. The lowest BCUT2D eigenvalue weighted by Gasteiger charge is -2.36. The molecule has 1 amide bonds. The average molecular weight is 258 g/mol. The molecule has 0 aromatic carbocycles. The van der Waals surface area contributed by atoms with Gasteiger partial charge in [0.25, 0.3) is 0 Å². The van der Waals surface area contributed by atoms with E-state index in [4.69, 9.17) is 11.6 Å². The molecule has 0 N–H and O–H groups in total. The average Bonchev–Trinajstić information content (AvgIpc) is 2.68. The van der Waals surface area contributed by atoms with Crippen LogP contribution in [0.3, 0.4) is 0 Å². The van der Waals surface area contributed by atoms with Crippen molar-refractivity contribution in [3.63, 3.8) is 0 Å². The molecule has 2 aliphatic rings. The lowest BCUT2D eigenvalue weighted by Crippen LogP contribution is -2.44. The molecule has 0 spiro atoms. The fraction of sp³-hybridized carbons (Fsp3) is 0.929. The van der Waals surface area contributed by atoms with Gasteiger partial charge in [-0.25, -0.2) is 0 Å². The number of rotatable bonds is 2. The van der Waals surface area contributed by atoms with E-state index in [1.807, 2.05) is 0 Å². The first-order valence-electron chi connectivity index (χ1n) is 6.89. The van der Waals surface area contributed by atoms with Crippen LogP contribution in [0, 0.1) is 17.3 Å². The zero-order valence-corrected chi connectivity index (χ0v) is 11.8. The van der Waals surface area contributed by atoms with E-state index in [1.165, 1.54) is 12.8 Å². The van der Waals surface area contributed by atoms with Gasteiger partial charge in [-0.3, -0.25) is 4.79 Å². The fourth-order valence-corrected chi connectivity index (χ4v) is 3.62. The van der Waals surface area contributed by atoms with E-state index in [0.717, 1.165) is 38.2 Å². The monoisotopic (exact) mass is 257 g/mol. The maximum atomic E-state index is 12.5. The number of hydrogen-bond donors (Lipinski definition) is 0. The van der Waals surface area contributed by atoms with Crippen molar-refractivity contribution in [3.8, 4) is 0 Å². The van der Waals surface area contributed by atoms with Crippen LogP contribution in [0.15, 0.2) is 0 Å². The molecule has 2 fully saturated rings. The number of carbonyl (C=O) groups excluding carboxylic acids is 1. The Morgan fingerprint density at radius 3 is 2.41 bits per heavy atom. The van der Waals surface area contributed by atoms with Gasteiger partial charge in [0.05, 0.1) is 0 Å². The molecule has 98 valence electrons. The van der Waals surface area contributed by atoms with E-state index >= 15 is 0 Å². The lowest BCUT2D eigenvalue weighted by atomic mass is 9.80. The molecule has 3 heteroatoms. The summed E-state index contributed by atoms with van der Waals surface area (Å²) in [6, 6.07) is 0. The normalized spacial score (nSPS) is 29.6. The second-order valence-corrected chi connectivity index (χ2v) is 6.66. The summed E-state index contributed by atoms with van der Waals surface area (Å²) < 4.78 is 0. The summed E-state index contributed by atoms with van der Waals surface area (Å²) in [5.41, 5.74) is 0.209. The standard InChI is InChI=1S/C14H24ClNO/c1-14(2)7-3-4-12(14)13(17)16-8-5-11(10-15)6-9-16/h11-12H,3-10H2,1-2H3. The van der Waals surface area contributed by atoms with Crippen LogP contribution in [0.1, 0.15) is 46.0 Å². The van der Waals surface area contributed by atoms with Crippen molar-refractivity contribution in [1.29, 1.82) is 0 Å². The van der Waals surface area contributed by atoms with Crippen LogP contribution in [0.25, 0.3) is 0 Å². The van der Waals surface area contributed by atoms with Crippen LogP contribution in [0.5, 0.6) is 0 Å². The molecule has 0 radical (unpaired) electrons. The third kappa shape index (κ3) is 2.78. The lowest BCUT2D eigenvalue weighted by molar-refractivity contribution is -0.139. The number of halogens is 1. The van der Waals surface area contributed by atoms with Crippen LogP contribution in [0.4, 0.5) is 0 Å². The van der Waals surface area contributed by atoms with Gasteiger partial charge in [0.15, 0.2) is 0 Å². The minimum atomic E-state index is 0.209. The van der Waals surface area contributed by atoms with Gasteiger partial charge < -0.3 is 4.90 Å². The minimum absolute atomic E-state index is 0.209. The maximum Gasteiger partial charge on any atom is 0.226 e. The molecule has 1 heterocycles. The van der Waals surface area contributed by atoms with Gasteiger partial charge in [0.1, 0.15) is 0 Å². The van der Waals surface area contributed by atoms with E-state index in [-0.39, 0.29) is 11.3 Å². The van der Waals surface area contributed by atoms with Crippen molar-refractivity contribution in [2.75, 3.05) is 19.0 Å². The van der Waals surface area contributed by atoms with Crippen molar-refractivity contribution in [3.05, 3.63) is 0 Å². The minimum Gasteiger partial charge on any atom is -0.342 e. The molecule has 17 heavy (non-hydrogen) atoms. The highest BCUT2D eigenvalue weighted by molar-refractivity contribution is 6.18. The Balaban J connectivity index is 1.93. The van der Waals surface area contributed by atoms with Gasteiger partial charge >= 0.3 is 0 Å². The molecule has 1 aliphatic carbocycles. The number of amides is 1. The molecule has 1 atom stereocenters. The summed E-state index contributed by atoms with van der Waals surface area (Å²) in [6.45, 7) is 6.33. The van der Waals surface area contributed by atoms with E-state index < -0.39 is 0 Å². The van der Waals surface area contributed by atoms with E-state index in [9.17, 15) is 4.79 Å². The Labute approximate surface area is 110 Å². The second-order valence-electron chi connectivity index (χ2n) is 6.36. The van der Waals surface area contributed by atoms with E-state index in [2.05, 4.69) is 18.7 Å². The molecule has 1 saturated heterocycles. The molecule has 2 nitrogen and oxygen atoms in total. The summed E-state index contributed by atoms with van der Waals surface area (Å²) in [5, 5.41) is 0. The van der Waals surface area contributed by atoms with Gasteiger partial charge in [-0.05, 0) is 37.0 Å². The topological polar surface area (TPSA) is 20.3 Å². The Bertz CT molecular complexity index is 282. The third-order valence-corrected chi connectivity index (χ3v) is 5.14. The molecular formula is C14H24ClNO. The molecule has 0 bridgehead atoms. The van der Waals surface area contributed by atoms with Gasteiger partial charge in [-0.1, -0.05) is 20.3 Å². The SMILES string of the molecule is CC1(C)CCCC1C(=O)N1CCC(CCl)CC1.